The quantitative estimate of drug-likeness (QED) is 0.164. The molecule has 3 aliphatic heterocycles. The zero-order valence-corrected chi connectivity index (χ0v) is 38.5. The molecule has 0 fully saturated rings. The van der Waals surface area contributed by atoms with E-state index in [9.17, 15) is 0 Å². The first kappa shape index (κ1) is 34.3. The van der Waals surface area contributed by atoms with Crippen molar-refractivity contribution < 1.29 is 34.0 Å². The van der Waals surface area contributed by atoms with E-state index in [1.54, 1.807) is 23.8 Å². The standard InChI is InChI=1S/C53H58N4O.Pt/c1-49(2,3)33-25-38-39-26-34(50(4,5)6)28-43(52(10,11)12)47(39)53(46(38)42(27-33)51(7,8)9)40-22-21-37(58-36-18-15-17-35(29-36)56-24-23-54(13)31-56)30-45(40)57-32-55(14)44-20-16-19-41(53)48(44)57;/h15-28,31-32H,1-14H3;/q-4;+4/i13D3,14D3;. The van der Waals surface area contributed by atoms with Gasteiger partial charge in [0.25, 0.3) is 0 Å². The predicted molar refractivity (Wildman–Crippen MR) is 241 cm³/mol. The van der Waals surface area contributed by atoms with Crippen LogP contribution in [-0.2, 0) is 48.1 Å². The first-order valence-electron chi connectivity index (χ1n) is 23.3. The SMILES string of the molecule is [2H]C([2H])([2H])N1C=CN(c2[c-]c(Oc3[c-]c4c(cc3)C3(c5cccc6c5N4[CH-]N6C([2H])([2H])[2H])c4c(cc(C(C)(C)C)cc4C(C)(C)C)-c4cc(C(C)(C)C)cc(C(C)(C)C)c43)ccc2)[CH-]1.[Pt+4]. The Hall–Kier alpha value is -4.47. The molecule has 0 aromatic heterocycles. The summed E-state index contributed by atoms with van der Waals surface area (Å²) in [6, 6.07) is 32.5. The summed E-state index contributed by atoms with van der Waals surface area (Å²) in [5.41, 5.74) is 12.8. The van der Waals surface area contributed by atoms with Gasteiger partial charge in [-0.15, -0.1) is 41.6 Å². The Morgan fingerprint density at radius 1 is 0.627 bits per heavy atom. The van der Waals surface area contributed by atoms with Gasteiger partial charge in [-0.05, 0) is 104 Å². The van der Waals surface area contributed by atoms with Crippen LogP contribution in [0.3, 0.4) is 0 Å². The molecule has 5 aromatic carbocycles. The van der Waals surface area contributed by atoms with Crippen molar-refractivity contribution in [1.29, 1.82) is 0 Å². The number of nitrogens with zero attached hydrogens (tertiary/aromatic N) is 4. The predicted octanol–water partition coefficient (Wildman–Crippen LogP) is 13.0. The number of rotatable bonds is 3. The molecule has 59 heavy (non-hydrogen) atoms. The molecule has 0 bridgehead atoms. The number of para-hydroxylation sites is 1. The van der Waals surface area contributed by atoms with Gasteiger partial charge >= 0.3 is 21.1 Å². The Morgan fingerprint density at radius 3 is 1.80 bits per heavy atom. The molecule has 4 aliphatic rings. The zero-order valence-electron chi connectivity index (χ0n) is 42.3. The maximum absolute atomic E-state index is 8.78. The van der Waals surface area contributed by atoms with Gasteiger partial charge in [0.2, 0.25) is 0 Å². The Morgan fingerprint density at radius 2 is 1.24 bits per heavy atom. The molecule has 1 aliphatic carbocycles. The van der Waals surface area contributed by atoms with Crippen molar-refractivity contribution in [1.82, 2.24) is 4.90 Å². The maximum atomic E-state index is 8.78. The van der Waals surface area contributed by atoms with Crippen LogP contribution < -0.4 is 19.4 Å². The summed E-state index contributed by atoms with van der Waals surface area (Å²) < 4.78 is 56.5. The molecule has 0 N–H and O–H groups in total. The summed E-state index contributed by atoms with van der Waals surface area (Å²) in [6.07, 6.45) is 3.18. The fourth-order valence-electron chi connectivity index (χ4n) is 9.34. The van der Waals surface area contributed by atoms with Crippen LogP contribution >= 0.6 is 0 Å². The van der Waals surface area contributed by atoms with Crippen LogP contribution in [0.15, 0.2) is 85.2 Å². The summed E-state index contributed by atoms with van der Waals surface area (Å²) in [6.45, 7) is 25.9. The van der Waals surface area contributed by atoms with Gasteiger partial charge in [-0.2, -0.15) is 25.5 Å². The third-order valence-electron chi connectivity index (χ3n) is 12.2. The second-order valence-corrected chi connectivity index (χ2v) is 20.5. The average Bonchev–Trinajstić information content (AvgIpc) is 3.90. The van der Waals surface area contributed by atoms with Crippen LogP contribution in [0.25, 0.3) is 11.1 Å². The number of hydrogen-bond acceptors (Lipinski definition) is 5. The molecule has 5 aromatic rings. The molecule has 0 saturated carbocycles. The number of anilines is 4. The van der Waals surface area contributed by atoms with Crippen molar-refractivity contribution in [2.45, 2.75) is 110 Å². The molecule has 0 atom stereocenters. The van der Waals surface area contributed by atoms with Crippen LogP contribution in [0.2, 0.25) is 0 Å². The Labute approximate surface area is 376 Å². The molecule has 0 radical (unpaired) electrons. The molecular formula is C53H58N4OPt. The van der Waals surface area contributed by atoms with Gasteiger partial charge in [-0.3, -0.25) is 0 Å². The second-order valence-electron chi connectivity index (χ2n) is 20.5. The van der Waals surface area contributed by atoms with Gasteiger partial charge in [0.05, 0.1) is 0 Å². The molecule has 0 amide bonds. The molecule has 6 heteroatoms. The minimum absolute atomic E-state index is 0. The molecule has 0 saturated heterocycles. The summed E-state index contributed by atoms with van der Waals surface area (Å²) in [4.78, 5) is 6.26. The van der Waals surface area contributed by atoms with Crippen LogP contribution in [-0.4, -0.2) is 18.9 Å². The van der Waals surface area contributed by atoms with Crippen LogP contribution in [0.5, 0.6) is 11.5 Å². The van der Waals surface area contributed by atoms with Gasteiger partial charge in [-0.25, -0.2) is 0 Å². The van der Waals surface area contributed by atoms with Crippen LogP contribution in [0.1, 0.15) is 136 Å². The van der Waals surface area contributed by atoms with Crippen molar-refractivity contribution in [2.75, 3.05) is 28.7 Å². The topological polar surface area (TPSA) is 22.2 Å². The first-order chi connectivity index (χ1) is 29.5. The number of fused-ring (bicyclic) bond motifs is 9. The van der Waals surface area contributed by atoms with Gasteiger partial charge in [0.15, 0.2) is 0 Å². The van der Waals surface area contributed by atoms with Crippen molar-refractivity contribution in [3.8, 4) is 22.6 Å². The second kappa shape index (κ2) is 13.5. The van der Waals surface area contributed by atoms with E-state index in [0.29, 0.717) is 28.6 Å². The fourth-order valence-corrected chi connectivity index (χ4v) is 9.34. The van der Waals surface area contributed by atoms with E-state index in [1.165, 1.54) is 67.2 Å². The molecule has 306 valence electrons. The van der Waals surface area contributed by atoms with E-state index in [1.807, 2.05) is 35.2 Å². The Bertz CT molecular complexity index is 2680. The monoisotopic (exact) mass is 967 g/mol. The number of hydrogen-bond donors (Lipinski definition) is 0. The van der Waals surface area contributed by atoms with E-state index in [4.69, 9.17) is 13.0 Å². The van der Waals surface area contributed by atoms with Crippen molar-refractivity contribution in [3.05, 3.63) is 155 Å². The van der Waals surface area contributed by atoms with E-state index < -0.39 is 19.4 Å². The van der Waals surface area contributed by atoms with Gasteiger partial charge in [0.1, 0.15) is 0 Å². The van der Waals surface area contributed by atoms with Gasteiger partial charge in [0, 0.05) is 36.5 Å². The summed E-state index contributed by atoms with van der Waals surface area (Å²) in [5.74, 6) is 0.834. The van der Waals surface area contributed by atoms with Crippen molar-refractivity contribution >= 4 is 22.7 Å². The average molecular weight is 968 g/mol. The summed E-state index contributed by atoms with van der Waals surface area (Å²) in [7, 11) is 0. The van der Waals surface area contributed by atoms with E-state index in [2.05, 4.69) is 132 Å². The Kier molecular flexibility index (Phi) is 7.85. The van der Waals surface area contributed by atoms with Crippen LogP contribution in [0.4, 0.5) is 22.7 Å². The number of benzene rings is 5. The van der Waals surface area contributed by atoms with Gasteiger partial charge in [-0.1, -0.05) is 125 Å². The summed E-state index contributed by atoms with van der Waals surface area (Å²) in [5, 5.41) is 0. The van der Waals surface area contributed by atoms with E-state index in [0.717, 1.165) is 16.8 Å². The molecule has 1 spiro atoms. The molecular weight excluding hydrogens is 904 g/mol. The molecule has 0 unspecified atom stereocenters. The van der Waals surface area contributed by atoms with Crippen LogP contribution in [0, 0.1) is 25.5 Å². The molecule has 3 heterocycles. The van der Waals surface area contributed by atoms with Crippen molar-refractivity contribution in [3.63, 3.8) is 0 Å². The third-order valence-corrected chi connectivity index (χ3v) is 12.2. The molecule has 5 nitrogen and oxygen atoms in total. The maximum Gasteiger partial charge on any atom is 4.00 e. The fraction of sp³-hybridized carbons (Fsp3) is 0.358. The smallest absolute Gasteiger partial charge is 0.510 e. The van der Waals surface area contributed by atoms with Gasteiger partial charge < -0.3 is 24.3 Å². The largest absolute Gasteiger partial charge is 4.00 e. The first-order valence-corrected chi connectivity index (χ1v) is 20.3. The summed E-state index contributed by atoms with van der Waals surface area (Å²) >= 11 is 0. The van der Waals surface area contributed by atoms with E-state index >= 15 is 0 Å². The normalized spacial score (nSPS) is 18.2. The third kappa shape index (κ3) is 6.36. The number of ether oxygens (including phenoxy) is 1. The Balaban J connectivity index is 0.00000576. The van der Waals surface area contributed by atoms with Crippen molar-refractivity contribution in [2.24, 2.45) is 0 Å². The van der Waals surface area contributed by atoms with E-state index in [-0.39, 0.29) is 42.7 Å². The zero-order chi connectivity index (χ0) is 46.5. The minimum Gasteiger partial charge on any atom is -0.510 e. The minimum atomic E-state index is -2.47. The molecule has 9 rings (SSSR count).